The fourth-order valence-corrected chi connectivity index (χ4v) is 2.84. The molecule has 0 amide bonds. The van der Waals surface area contributed by atoms with Crippen molar-refractivity contribution in [2.45, 2.75) is 19.3 Å². The first-order valence-corrected chi connectivity index (χ1v) is 7.55. The highest BCUT2D eigenvalue weighted by Gasteiger charge is 2.16. The van der Waals surface area contributed by atoms with Gasteiger partial charge in [-0.2, -0.15) is 0 Å². The van der Waals surface area contributed by atoms with Crippen LogP contribution in [0.3, 0.4) is 0 Å². The molecule has 3 aromatic rings. The number of nitrogens with one attached hydrogen (secondary N) is 1. The van der Waals surface area contributed by atoms with E-state index in [1.165, 1.54) is 18.2 Å². The van der Waals surface area contributed by atoms with Crippen molar-refractivity contribution in [2.24, 2.45) is 5.73 Å². The number of aromatic nitrogens is 1. The quantitative estimate of drug-likeness (QED) is 0.667. The normalized spacial score (nSPS) is 11.3. The van der Waals surface area contributed by atoms with E-state index in [4.69, 9.17) is 5.73 Å². The van der Waals surface area contributed by atoms with E-state index in [9.17, 15) is 13.2 Å². The molecular weight excluding hydrogens is 301 g/mol. The average molecular weight is 318 g/mol. The van der Waals surface area contributed by atoms with Crippen LogP contribution >= 0.6 is 0 Å². The van der Waals surface area contributed by atoms with Gasteiger partial charge in [0.2, 0.25) is 0 Å². The van der Waals surface area contributed by atoms with Crippen molar-refractivity contribution in [3.63, 3.8) is 0 Å². The maximum Gasteiger partial charge on any atom is 0.150 e. The van der Waals surface area contributed by atoms with E-state index >= 15 is 0 Å². The van der Waals surface area contributed by atoms with E-state index in [0.29, 0.717) is 24.0 Å². The molecule has 1 aromatic heterocycles. The molecule has 3 rings (SSSR count). The van der Waals surface area contributed by atoms with Crippen LogP contribution in [0.25, 0.3) is 22.2 Å². The molecule has 0 aliphatic rings. The van der Waals surface area contributed by atoms with Crippen LogP contribution in [-0.4, -0.2) is 11.5 Å². The molecule has 2 aromatic carbocycles. The van der Waals surface area contributed by atoms with Crippen LogP contribution in [0.2, 0.25) is 0 Å². The minimum atomic E-state index is -0.631. The van der Waals surface area contributed by atoms with Gasteiger partial charge in [-0.25, -0.2) is 13.2 Å². The second-order valence-corrected chi connectivity index (χ2v) is 5.54. The van der Waals surface area contributed by atoms with Crippen LogP contribution in [0.15, 0.2) is 36.4 Å². The minimum Gasteiger partial charge on any atom is -0.352 e. The van der Waals surface area contributed by atoms with Crippen molar-refractivity contribution in [3.05, 3.63) is 59.4 Å². The summed E-state index contributed by atoms with van der Waals surface area (Å²) in [4.78, 5) is 3.03. The number of nitrogens with two attached hydrogens (primary N) is 1. The van der Waals surface area contributed by atoms with Crippen molar-refractivity contribution in [2.75, 3.05) is 6.54 Å². The Bertz CT molecular complexity index is 822. The fraction of sp³-hybridized carbons (Fsp3) is 0.222. The Balaban J connectivity index is 2.16. The van der Waals surface area contributed by atoms with Gasteiger partial charge in [-0.3, -0.25) is 0 Å². The molecule has 0 saturated carbocycles. The zero-order valence-corrected chi connectivity index (χ0v) is 12.5. The Kier molecular flexibility index (Phi) is 4.39. The number of fused-ring (bicyclic) bond motifs is 1. The van der Waals surface area contributed by atoms with Crippen molar-refractivity contribution >= 4 is 10.9 Å². The molecule has 0 saturated heterocycles. The van der Waals surface area contributed by atoms with E-state index in [2.05, 4.69) is 4.98 Å². The number of halogens is 3. The standard InChI is InChI=1S/C18H17F3N2/c19-12-6-4-11(5-7-12)17-14(3-1-2-8-22)15-9-13(20)10-16(21)18(15)23-17/h4-7,9-10,23H,1-3,8,22H2. The first-order valence-electron chi connectivity index (χ1n) is 7.55. The smallest absolute Gasteiger partial charge is 0.150 e. The minimum absolute atomic E-state index is 0.272. The zero-order chi connectivity index (χ0) is 16.4. The monoisotopic (exact) mass is 318 g/mol. The Labute approximate surface area is 132 Å². The summed E-state index contributed by atoms with van der Waals surface area (Å²) in [7, 11) is 0. The highest BCUT2D eigenvalue weighted by molar-refractivity contribution is 5.91. The van der Waals surface area contributed by atoms with Gasteiger partial charge < -0.3 is 10.7 Å². The SMILES string of the molecule is NCCCCc1c(-c2ccc(F)cc2)[nH]c2c(F)cc(F)cc12. The number of hydrogen-bond donors (Lipinski definition) is 2. The molecule has 1 heterocycles. The van der Waals surface area contributed by atoms with E-state index in [1.54, 1.807) is 12.1 Å². The number of rotatable bonds is 5. The first-order chi connectivity index (χ1) is 11.1. The van der Waals surface area contributed by atoms with Crippen molar-refractivity contribution < 1.29 is 13.2 Å². The van der Waals surface area contributed by atoms with Gasteiger partial charge in [-0.05, 0) is 67.3 Å². The fourth-order valence-electron chi connectivity index (χ4n) is 2.84. The lowest BCUT2D eigenvalue weighted by Gasteiger charge is -2.05. The number of hydrogen-bond acceptors (Lipinski definition) is 1. The highest BCUT2D eigenvalue weighted by Crippen LogP contribution is 2.33. The molecule has 0 radical (unpaired) electrons. The lowest BCUT2D eigenvalue weighted by atomic mass is 10.00. The zero-order valence-electron chi connectivity index (χ0n) is 12.5. The lowest BCUT2D eigenvalue weighted by molar-refractivity contribution is 0.591. The maximum atomic E-state index is 14.1. The van der Waals surface area contributed by atoms with E-state index < -0.39 is 11.6 Å². The molecule has 0 fully saturated rings. The average Bonchev–Trinajstić information content (AvgIpc) is 2.87. The van der Waals surface area contributed by atoms with Crippen molar-refractivity contribution in [3.8, 4) is 11.3 Å². The Morgan fingerprint density at radius 1 is 0.913 bits per heavy atom. The third-order valence-electron chi connectivity index (χ3n) is 3.95. The largest absolute Gasteiger partial charge is 0.352 e. The van der Waals surface area contributed by atoms with Crippen LogP contribution in [-0.2, 0) is 6.42 Å². The highest BCUT2D eigenvalue weighted by atomic mass is 19.1. The van der Waals surface area contributed by atoms with Gasteiger partial charge in [0.1, 0.15) is 17.5 Å². The van der Waals surface area contributed by atoms with Crippen LogP contribution in [0.5, 0.6) is 0 Å². The van der Waals surface area contributed by atoms with Crippen LogP contribution in [0.1, 0.15) is 18.4 Å². The molecule has 0 spiro atoms. The van der Waals surface area contributed by atoms with Gasteiger partial charge in [-0.15, -0.1) is 0 Å². The van der Waals surface area contributed by atoms with Crippen molar-refractivity contribution in [1.29, 1.82) is 0 Å². The van der Waals surface area contributed by atoms with E-state index in [-0.39, 0.29) is 11.3 Å². The molecule has 0 aliphatic heterocycles. The van der Waals surface area contributed by atoms with E-state index in [0.717, 1.165) is 30.0 Å². The molecule has 0 bridgehead atoms. The number of H-pyrrole nitrogens is 1. The molecule has 0 atom stereocenters. The number of aromatic amines is 1. The lowest BCUT2D eigenvalue weighted by Crippen LogP contribution is -1.99. The molecule has 5 heteroatoms. The third kappa shape index (κ3) is 3.10. The predicted octanol–water partition coefficient (Wildman–Crippen LogP) is 4.53. The molecule has 0 aliphatic carbocycles. The van der Waals surface area contributed by atoms with Gasteiger partial charge in [-0.1, -0.05) is 0 Å². The number of benzene rings is 2. The van der Waals surface area contributed by atoms with Gasteiger partial charge in [0, 0.05) is 17.1 Å². The van der Waals surface area contributed by atoms with Crippen LogP contribution in [0.4, 0.5) is 13.2 Å². The summed E-state index contributed by atoms with van der Waals surface area (Å²) in [5.41, 5.74) is 8.07. The summed E-state index contributed by atoms with van der Waals surface area (Å²) in [5.74, 6) is -1.58. The Morgan fingerprint density at radius 2 is 1.65 bits per heavy atom. The molecule has 3 N–H and O–H groups in total. The second kappa shape index (κ2) is 6.46. The van der Waals surface area contributed by atoms with E-state index in [1.807, 2.05) is 0 Å². The summed E-state index contributed by atoms with van der Waals surface area (Å²) >= 11 is 0. The van der Waals surface area contributed by atoms with Gasteiger partial charge in [0.05, 0.1) is 5.52 Å². The first kappa shape index (κ1) is 15.6. The summed E-state index contributed by atoms with van der Waals surface area (Å²) < 4.78 is 40.8. The van der Waals surface area contributed by atoms with Gasteiger partial charge in [0.25, 0.3) is 0 Å². The van der Waals surface area contributed by atoms with Crippen LogP contribution in [0, 0.1) is 17.5 Å². The summed E-state index contributed by atoms with van der Waals surface area (Å²) in [5, 5.41) is 0.527. The molecule has 0 unspecified atom stereocenters. The number of aryl methyl sites for hydroxylation is 1. The molecule has 120 valence electrons. The third-order valence-corrected chi connectivity index (χ3v) is 3.95. The second-order valence-electron chi connectivity index (χ2n) is 5.54. The summed E-state index contributed by atoms with van der Waals surface area (Å²) in [6.45, 7) is 0.566. The Hall–Kier alpha value is -2.27. The maximum absolute atomic E-state index is 14.1. The summed E-state index contributed by atoms with van der Waals surface area (Å²) in [6.07, 6.45) is 2.29. The van der Waals surface area contributed by atoms with Gasteiger partial charge in [0.15, 0.2) is 0 Å². The molecule has 23 heavy (non-hydrogen) atoms. The van der Waals surface area contributed by atoms with Gasteiger partial charge >= 0.3 is 0 Å². The molecule has 2 nitrogen and oxygen atoms in total. The number of unbranched alkanes of at least 4 members (excludes halogenated alkanes) is 1. The summed E-state index contributed by atoms with van der Waals surface area (Å²) in [6, 6.07) is 8.14. The molecular formula is C18H17F3N2. The predicted molar refractivity (Wildman–Crippen MR) is 85.6 cm³/mol. The Morgan fingerprint density at radius 3 is 2.35 bits per heavy atom. The topological polar surface area (TPSA) is 41.8 Å². The van der Waals surface area contributed by atoms with Crippen molar-refractivity contribution in [1.82, 2.24) is 4.98 Å². The van der Waals surface area contributed by atoms with Crippen LogP contribution < -0.4 is 5.73 Å².